The first-order valence-electron chi connectivity index (χ1n) is 6.14. The maximum absolute atomic E-state index is 8.65. The molecule has 0 aromatic rings. The number of nitrogens with one attached hydrogen (secondary N) is 1. The Kier molecular flexibility index (Phi) is 3.61. The Morgan fingerprint density at radius 1 is 1.47 bits per heavy atom. The van der Waals surface area contributed by atoms with Crippen LogP contribution < -0.4 is 5.32 Å². The SMILES string of the molecule is CC(C#N)CNCC1CCN(C2CC2)C1. The van der Waals surface area contributed by atoms with Gasteiger partial charge in [0.2, 0.25) is 0 Å². The van der Waals surface area contributed by atoms with Crippen LogP contribution in [0.3, 0.4) is 0 Å². The van der Waals surface area contributed by atoms with Gasteiger partial charge in [0.15, 0.2) is 0 Å². The summed E-state index contributed by atoms with van der Waals surface area (Å²) < 4.78 is 0. The van der Waals surface area contributed by atoms with Crippen LogP contribution in [0.5, 0.6) is 0 Å². The van der Waals surface area contributed by atoms with Crippen molar-refractivity contribution in [1.29, 1.82) is 5.26 Å². The number of nitrogens with zero attached hydrogens (tertiary/aromatic N) is 2. The zero-order chi connectivity index (χ0) is 10.7. The first-order valence-corrected chi connectivity index (χ1v) is 6.14. The minimum absolute atomic E-state index is 0.144. The smallest absolute Gasteiger partial charge is 0.0666 e. The molecule has 3 nitrogen and oxygen atoms in total. The lowest BCUT2D eigenvalue weighted by Gasteiger charge is -2.15. The van der Waals surface area contributed by atoms with Gasteiger partial charge < -0.3 is 10.2 Å². The molecule has 0 aromatic heterocycles. The van der Waals surface area contributed by atoms with E-state index in [1.807, 2.05) is 6.92 Å². The second kappa shape index (κ2) is 4.96. The summed E-state index contributed by atoms with van der Waals surface area (Å²) in [6.45, 7) is 6.48. The molecule has 15 heavy (non-hydrogen) atoms. The highest BCUT2D eigenvalue weighted by molar-refractivity contribution is 4.90. The molecule has 2 rings (SSSR count). The molecule has 1 aliphatic heterocycles. The number of hydrogen-bond acceptors (Lipinski definition) is 3. The summed E-state index contributed by atoms with van der Waals surface area (Å²) >= 11 is 0. The molecule has 0 aromatic carbocycles. The van der Waals surface area contributed by atoms with Gasteiger partial charge in [-0.25, -0.2) is 0 Å². The summed E-state index contributed by atoms with van der Waals surface area (Å²) in [6.07, 6.45) is 4.18. The highest BCUT2D eigenvalue weighted by Gasteiger charge is 2.33. The molecule has 2 aliphatic rings. The van der Waals surface area contributed by atoms with E-state index in [0.29, 0.717) is 0 Å². The van der Waals surface area contributed by atoms with Gasteiger partial charge in [-0.1, -0.05) is 0 Å². The normalized spacial score (nSPS) is 28.9. The van der Waals surface area contributed by atoms with Crippen LogP contribution in [0.15, 0.2) is 0 Å². The highest BCUT2D eigenvalue weighted by Crippen LogP contribution is 2.31. The monoisotopic (exact) mass is 207 g/mol. The third-order valence-electron chi connectivity index (χ3n) is 3.48. The van der Waals surface area contributed by atoms with E-state index in [1.165, 1.54) is 32.4 Å². The van der Waals surface area contributed by atoms with Gasteiger partial charge in [-0.2, -0.15) is 5.26 Å². The number of hydrogen-bond donors (Lipinski definition) is 1. The summed E-state index contributed by atoms with van der Waals surface area (Å²) in [5.41, 5.74) is 0. The van der Waals surface area contributed by atoms with Crippen molar-refractivity contribution in [2.45, 2.75) is 32.2 Å². The van der Waals surface area contributed by atoms with Gasteiger partial charge in [0.05, 0.1) is 12.0 Å². The first kappa shape index (κ1) is 10.9. The quantitative estimate of drug-likeness (QED) is 0.737. The summed E-state index contributed by atoms with van der Waals surface area (Å²) in [6, 6.07) is 3.18. The minimum Gasteiger partial charge on any atom is -0.315 e. The van der Waals surface area contributed by atoms with Gasteiger partial charge in [0.1, 0.15) is 0 Å². The van der Waals surface area contributed by atoms with Gasteiger partial charge in [-0.05, 0) is 45.2 Å². The van der Waals surface area contributed by atoms with E-state index < -0.39 is 0 Å². The molecule has 0 spiro atoms. The summed E-state index contributed by atoms with van der Waals surface area (Å²) in [4.78, 5) is 2.64. The van der Waals surface area contributed by atoms with E-state index >= 15 is 0 Å². The van der Waals surface area contributed by atoms with Crippen LogP contribution >= 0.6 is 0 Å². The fourth-order valence-electron chi connectivity index (χ4n) is 2.35. The molecule has 1 saturated carbocycles. The Bertz CT molecular complexity index is 242. The Hall–Kier alpha value is -0.590. The average molecular weight is 207 g/mol. The van der Waals surface area contributed by atoms with E-state index in [1.54, 1.807) is 0 Å². The molecule has 3 heteroatoms. The Morgan fingerprint density at radius 3 is 2.93 bits per heavy atom. The molecule has 1 saturated heterocycles. The van der Waals surface area contributed by atoms with Crippen molar-refractivity contribution in [3.63, 3.8) is 0 Å². The molecule has 0 radical (unpaired) electrons. The maximum Gasteiger partial charge on any atom is 0.0666 e. The van der Waals surface area contributed by atoms with Crippen molar-refractivity contribution >= 4 is 0 Å². The molecule has 0 amide bonds. The molecule has 1 heterocycles. The van der Waals surface area contributed by atoms with Crippen molar-refractivity contribution in [1.82, 2.24) is 10.2 Å². The molecule has 84 valence electrons. The van der Waals surface area contributed by atoms with Crippen LogP contribution in [0, 0.1) is 23.2 Å². The van der Waals surface area contributed by atoms with Crippen LogP contribution in [-0.2, 0) is 0 Å². The molecular formula is C12H21N3. The first-order chi connectivity index (χ1) is 7.29. The third kappa shape index (κ3) is 3.19. The highest BCUT2D eigenvalue weighted by atomic mass is 15.2. The number of likely N-dealkylation sites (tertiary alicyclic amines) is 1. The largest absolute Gasteiger partial charge is 0.315 e. The lowest BCUT2D eigenvalue weighted by atomic mass is 10.1. The van der Waals surface area contributed by atoms with Crippen LogP contribution in [0.1, 0.15) is 26.2 Å². The van der Waals surface area contributed by atoms with Crippen LogP contribution in [-0.4, -0.2) is 37.1 Å². The molecule has 2 atom stereocenters. The van der Waals surface area contributed by atoms with Crippen molar-refractivity contribution < 1.29 is 0 Å². The van der Waals surface area contributed by atoms with Crippen molar-refractivity contribution in [3.05, 3.63) is 0 Å². The van der Waals surface area contributed by atoms with Gasteiger partial charge in [-0.15, -0.1) is 0 Å². The third-order valence-corrected chi connectivity index (χ3v) is 3.48. The topological polar surface area (TPSA) is 39.1 Å². The molecule has 2 fully saturated rings. The zero-order valence-corrected chi connectivity index (χ0v) is 9.58. The Morgan fingerprint density at radius 2 is 2.27 bits per heavy atom. The average Bonchev–Trinajstić information content (AvgIpc) is 2.99. The van der Waals surface area contributed by atoms with E-state index in [2.05, 4.69) is 16.3 Å². The number of rotatable bonds is 5. The zero-order valence-electron chi connectivity index (χ0n) is 9.58. The summed E-state index contributed by atoms with van der Waals surface area (Å²) in [5.74, 6) is 0.961. The van der Waals surface area contributed by atoms with Crippen LogP contribution in [0.4, 0.5) is 0 Å². The van der Waals surface area contributed by atoms with E-state index in [-0.39, 0.29) is 5.92 Å². The van der Waals surface area contributed by atoms with Gasteiger partial charge in [0, 0.05) is 19.1 Å². The van der Waals surface area contributed by atoms with Crippen molar-refractivity contribution in [2.24, 2.45) is 11.8 Å². The van der Waals surface area contributed by atoms with Gasteiger partial charge >= 0.3 is 0 Å². The Balaban J connectivity index is 1.58. The molecule has 1 aliphatic carbocycles. The lowest BCUT2D eigenvalue weighted by molar-refractivity contribution is 0.311. The number of nitriles is 1. The summed E-state index contributed by atoms with van der Waals surface area (Å²) in [5, 5.41) is 12.1. The fourth-order valence-corrected chi connectivity index (χ4v) is 2.35. The van der Waals surface area contributed by atoms with E-state index in [4.69, 9.17) is 5.26 Å². The minimum atomic E-state index is 0.144. The van der Waals surface area contributed by atoms with Crippen LogP contribution in [0.2, 0.25) is 0 Å². The van der Waals surface area contributed by atoms with Gasteiger partial charge in [0.25, 0.3) is 0 Å². The lowest BCUT2D eigenvalue weighted by Crippen LogP contribution is -2.29. The predicted octanol–water partition coefficient (Wildman–Crippen LogP) is 1.22. The molecule has 0 bridgehead atoms. The Labute approximate surface area is 92.4 Å². The fraction of sp³-hybridized carbons (Fsp3) is 0.917. The summed E-state index contributed by atoms with van der Waals surface area (Å²) in [7, 11) is 0. The molecule has 2 unspecified atom stereocenters. The maximum atomic E-state index is 8.65. The predicted molar refractivity (Wildman–Crippen MR) is 60.3 cm³/mol. The van der Waals surface area contributed by atoms with E-state index in [9.17, 15) is 0 Å². The van der Waals surface area contributed by atoms with Crippen molar-refractivity contribution in [2.75, 3.05) is 26.2 Å². The van der Waals surface area contributed by atoms with Crippen LogP contribution in [0.25, 0.3) is 0 Å². The van der Waals surface area contributed by atoms with Gasteiger partial charge in [-0.3, -0.25) is 0 Å². The van der Waals surface area contributed by atoms with Crippen molar-refractivity contribution in [3.8, 4) is 6.07 Å². The van der Waals surface area contributed by atoms with E-state index in [0.717, 1.165) is 25.0 Å². The second-order valence-corrected chi connectivity index (χ2v) is 5.07. The standard InChI is InChI=1S/C12H21N3/c1-10(6-13)7-14-8-11-4-5-15(9-11)12-2-3-12/h10-12,14H,2-5,7-9H2,1H3. The molecule has 1 N–H and O–H groups in total. The molecular weight excluding hydrogens is 186 g/mol. The second-order valence-electron chi connectivity index (χ2n) is 5.07.